The Labute approximate surface area is 163 Å². The Hall–Kier alpha value is -2.46. The minimum absolute atomic E-state index is 0.0165. The van der Waals surface area contributed by atoms with Gasteiger partial charge in [0.1, 0.15) is 4.83 Å². The van der Waals surface area contributed by atoms with Crippen LogP contribution in [0, 0.1) is 0 Å². The van der Waals surface area contributed by atoms with Crippen LogP contribution in [0.15, 0.2) is 30.5 Å². The standard InChI is InChI=1S/C18H18F3N5OS/c1-24-17-13(15(23-24)18(19,20)21)10-14(28-17)16(27)26-8-6-25(7-9-26)11-12-4-2-3-5-22-12/h2-5,10H,6-9,11H2,1H3. The van der Waals surface area contributed by atoms with Crippen LogP contribution in [-0.2, 0) is 19.8 Å². The summed E-state index contributed by atoms with van der Waals surface area (Å²) >= 11 is 1.05. The maximum Gasteiger partial charge on any atom is 0.435 e. The molecule has 0 saturated carbocycles. The lowest BCUT2D eigenvalue weighted by Crippen LogP contribution is -2.48. The molecule has 0 N–H and O–H groups in total. The van der Waals surface area contributed by atoms with Gasteiger partial charge in [0.15, 0.2) is 5.69 Å². The highest BCUT2D eigenvalue weighted by Gasteiger charge is 2.38. The van der Waals surface area contributed by atoms with E-state index in [1.54, 1.807) is 11.1 Å². The van der Waals surface area contributed by atoms with Crippen molar-refractivity contribution in [2.24, 2.45) is 7.05 Å². The molecule has 0 unspecified atom stereocenters. The summed E-state index contributed by atoms with van der Waals surface area (Å²) in [6.07, 6.45) is -2.79. The summed E-state index contributed by atoms with van der Waals surface area (Å²) in [4.78, 5) is 21.7. The summed E-state index contributed by atoms with van der Waals surface area (Å²) in [5.41, 5.74) is 0.0273. The number of aryl methyl sites for hydroxylation is 1. The van der Waals surface area contributed by atoms with Gasteiger partial charge in [0.2, 0.25) is 0 Å². The van der Waals surface area contributed by atoms with Crippen molar-refractivity contribution in [3.63, 3.8) is 0 Å². The molecule has 28 heavy (non-hydrogen) atoms. The Morgan fingerprint density at radius 1 is 1.21 bits per heavy atom. The monoisotopic (exact) mass is 409 g/mol. The number of amides is 1. The predicted molar refractivity (Wildman–Crippen MR) is 99.0 cm³/mol. The fourth-order valence-electron chi connectivity index (χ4n) is 3.34. The van der Waals surface area contributed by atoms with Crippen molar-refractivity contribution in [3.05, 3.63) is 46.7 Å². The van der Waals surface area contributed by atoms with Crippen molar-refractivity contribution in [3.8, 4) is 0 Å². The first-order chi connectivity index (χ1) is 13.3. The number of carbonyl (C=O) groups excluding carboxylic acids is 1. The Morgan fingerprint density at radius 2 is 1.96 bits per heavy atom. The average molecular weight is 409 g/mol. The number of hydrogen-bond donors (Lipinski definition) is 0. The highest BCUT2D eigenvalue weighted by Crippen LogP contribution is 2.37. The zero-order valence-electron chi connectivity index (χ0n) is 15.1. The molecule has 1 amide bonds. The van der Waals surface area contributed by atoms with Gasteiger partial charge in [0.05, 0.1) is 10.6 Å². The quantitative estimate of drug-likeness (QED) is 0.667. The maximum atomic E-state index is 13.1. The third-order valence-corrected chi connectivity index (χ3v) is 5.95. The van der Waals surface area contributed by atoms with E-state index >= 15 is 0 Å². The van der Waals surface area contributed by atoms with E-state index in [2.05, 4.69) is 15.0 Å². The Kier molecular flexibility index (Phi) is 4.84. The van der Waals surface area contributed by atoms with E-state index in [1.807, 2.05) is 18.2 Å². The molecule has 3 aromatic heterocycles. The zero-order chi connectivity index (χ0) is 19.9. The molecular formula is C18H18F3N5OS. The van der Waals surface area contributed by atoms with Crippen molar-refractivity contribution >= 4 is 27.5 Å². The number of hydrogen-bond acceptors (Lipinski definition) is 5. The van der Waals surface area contributed by atoms with Crippen LogP contribution in [0.1, 0.15) is 21.1 Å². The lowest BCUT2D eigenvalue weighted by atomic mass is 10.2. The van der Waals surface area contributed by atoms with E-state index in [0.717, 1.165) is 17.0 Å². The molecule has 1 aliphatic rings. The molecular weight excluding hydrogens is 391 g/mol. The first kappa shape index (κ1) is 18.9. The summed E-state index contributed by atoms with van der Waals surface area (Å²) in [5, 5.41) is 3.53. The van der Waals surface area contributed by atoms with Gasteiger partial charge in [-0.15, -0.1) is 11.3 Å². The molecule has 0 radical (unpaired) electrons. The summed E-state index contributed by atoms with van der Waals surface area (Å²) < 4.78 is 40.6. The van der Waals surface area contributed by atoms with E-state index in [4.69, 9.17) is 0 Å². The molecule has 148 valence electrons. The van der Waals surface area contributed by atoms with Crippen LogP contribution < -0.4 is 0 Å². The zero-order valence-corrected chi connectivity index (χ0v) is 15.9. The van der Waals surface area contributed by atoms with Crippen LogP contribution >= 0.6 is 11.3 Å². The largest absolute Gasteiger partial charge is 0.435 e. The lowest BCUT2D eigenvalue weighted by molar-refractivity contribution is -0.140. The molecule has 4 rings (SSSR count). The molecule has 0 spiro atoms. The van der Waals surface area contributed by atoms with Gasteiger partial charge >= 0.3 is 6.18 Å². The topological polar surface area (TPSA) is 54.3 Å². The molecule has 1 fully saturated rings. The molecule has 3 aromatic rings. The first-order valence-electron chi connectivity index (χ1n) is 8.78. The Balaban J connectivity index is 1.45. The van der Waals surface area contributed by atoms with E-state index in [1.165, 1.54) is 17.8 Å². The minimum atomic E-state index is -4.54. The summed E-state index contributed by atoms with van der Waals surface area (Å²) in [6, 6.07) is 7.08. The molecule has 0 aromatic carbocycles. The van der Waals surface area contributed by atoms with Gasteiger partial charge in [-0.05, 0) is 18.2 Å². The fourth-order valence-corrected chi connectivity index (χ4v) is 4.38. The number of fused-ring (bicyclic) bond motifs is 1. The van der Waals surface area contributed by atoms with Crippen LogP contribution in [0.4, 0.5) is 13.2 Å². The second-order valence-electron chi connectivity index (χ2n) is 6.69. The molecule has 0 atom stereocenters. The number of alkyl halides is 3. The number of thiophene rings is 1. The van der Waals surface area contributed by atoms with Crippen LogP contribution in [0.2, 0.25) is 0 Å². The molecule has 6 nitrogen and oxygen atoms in total. The number of nitrogens with zero attached hydrogens (tertiary/aromatic N) is 5. The smallest absolute Gasteiger partial charge is 0.335 e. The highest BCUT2D eigenvalue weighted by atomic mass is 32.1. The third kappa shape index (κ3) is 3.61. The summed E-state index contributed by atoms with van der Waals surface area (Å²) in [5.74, 6) is -0.230. The highest BCUT2D eigenvalue weighted by molar-refractivity contribution is 7.20. The normalized spacial score (nSPS) is 16.1. The van der Waals surface area contributed by atoms with E-state index in [-0.39, 0.29) is 11.3 Å². The van der Waals surface area contributed by atoms with Crippen LogP contribution in [0.3, 0.4) is 0 Å². The van der Waals surface area contributed by atoms with Gasteiger partial charge < -0.3 is 4.90 Å². The summed E-state index contributed by atoms with van der Waals surface area (Å²) in [7, 11) is 1.46. The van der Waals surface area contributed by atoms with E-state index in [9.17, 15) is 18.0 Å². The number of pyridine rings is 1. The van der Waals surface area contributed by atoms with Crippen LogP contribution in [0.5, 0.6) is 0 Å². The second kappa shape index (κ2) is 7.17. The van der Waals surface area contributed by atoms with Gasteiger partial charge in [-0.2, -0.15) is 18.3 Å². The fraction of sp³-hybridized carbons (Fsp3) is 0.389. The third-order valence-electron chi connectivity index (χ3n) is 4.76. The predicted octanol–water partition coefficient (Wildman–Crippen LogP) is 3.01. The first-order valence-corrected chi connectivity index (χ1v) is 9.60. The number of piperazine rings is 1. The molecule has 4 heterocycles. The van der Waals surface area contributed by atoms with E-state index < -0.39 is 11.9 Å². The SMILES string of the molecule is Cn1nc(C(F)(F)F)c2cc(C(=O)N3CCN(Cc4ccccn4)CC3)sc21. The Morgan fingerprint density at radius 3 is 2.61 bits per heavy atom. The van der Waals surface area contributed by atoms with Crippen molar-refractivity contribution < 1.29 is 18.0 Å². The Bertz CT molecular complexity index is 990. The molecule has 1 aliphatic heterocycles. The van der Waals surface area contributed by atoms with Crippen LogP contribution in [0.25, 0.3) is 10.2 Å². The molecule has 0 aliphatic carbocycles. The van der Waals surface area contributed by atoms with Gasteiger partial charge in [-0.25, -0.2) is 0 Å². The number of carbonyl (C=O) groups is 1. The van der Waals surface area contributed by atoms with Gasteiger partial charge in [-0.1, -0.05) is 6.07 Å². The van der Waals surface area contributed by atoms with Gasteiger partial charge in [0.25, 0.3) is 5.91 Å². The van der Waals surface area contributed by atoms with Crippen molar-refractivity contribution in [1.82, 2.24) is 24.6 Å². The summed E-state index contributed by atoms with van der Waals surface area (Å²) in [6.45, 7) is 3.17. The average Bonchev–Trinajstić information content (AvgIpc) is 3.23. The van der Waals surface area contributed by atoms with Gasteiger partial charge in [-0.3, -0.25) is 19.4 Å². The van der Waals surface area contributed by atoms with Crippen molar-refractivity contribution in [1.29, 1.82) is 0 Å². The number of halogens is 3. The number of rotatable bonds is 3. The lowest BCUT2D eigenvalue weighted by Gasteiger charge is -2.34. The number of aromatic nitrogens is 3. The van der Waals surface area contributed by atoms with Crippen LogP contribution in [-0.4, -0.2) is 56.7 Å². The maximum absolute atomic E-state index is 13.1. The molecule has 10 heteroatoms. The molecule has 1 saturated heterocycles. The van der Waals surface area contributed by atoms with E-state index in [0.29, 0.717) is 42.4 Å². The van der Waals surface area contributed by atoms with Gasteiger partial charge in [0, 0.05) is 51.4 Å². The van der Waals surface area contributed by atoms with Crippen molar-refractivity contribution in [2.45, 2.75) is 12.7 Å². The molecule has 0 bridgehead atoms. The van der Waals surface area contributed by atoms with Crippen molar-refractivity contribution in [2.75, 3.05) is 26.2 Å². The second-order valence-corrected chi connectivity index (χ2v) is 7.72. The minimum Gasteiger partial charge on any atom is -0.335 e.